The van der Waals surface area contributed by atoms with Gasteiger partial charge >= 0.3 is 5.97 Å². The number of carboxylic acid groups (broad SMARTS) is 1. The van der Waals surface area contributed by atoms with Crippen molar-refractivity contribution in [2.24, 2.45) is 0 Å². The fourth-order valence-corrected chi connectivity index (χ4v) is 4.23. The van der Waals surface area contributed by atoms with E-state index in [1.54, 1.807) is 0 Å². The van der Waals surface area contributed by atoms with E-state index in [1.807, 2.05) is 36.5 Å². The van der Waals surface area contributed by atoms with Crippen LogP contribution in [0.5, 0.6) is 5.75 Å². The number of benzene rings is 1. The van der Waals surface area contributed by atoms with Crippen LogP contribution in [0.1, 0.15) is 64.2 Å². The quantitative estimate of drug-likeness (QED) is 0.255. The number of unbranched alkanes of at least 4 members (excludes halogenated alkanes) is 3. The first-order chi connectivity index (χ1) is 16.2. The molecule has 0 bridgehead atoms. The second-order valence-electron chi connectivity index (χ2n) is 8.67. The van der Waals surface area contributed by atoms with Gasteiger partial charge in [-0.3, -0.25) is 4.79 Å². The van der Waals surface area contributed by atoms with Crippen molar-refractivity contribution in [3.8, 4) is 5.75 Å². The summed E-state index contributed by atoms with van der Waals surface area (Å²) in [6.45, 7) is 0.628. The topological polar surface area (TPSA) is 112 Å². The average Bonchev–Trinajstić information content (AvgIpc) is 3.29. The SMILES string of the molecule is O=C(O)CCCCCCOc1ccc(Nc2nc(NC3CCCCC3)c3cc[nH]c3n2)cc1. The number of carbonyl (C=O) groups is 1. The van der Waals surface area contributed by atoms with Crippen LogP contribution in [-0.4, -0.2) is 38.7 Å². The highest BCUT2D eigenvalue weighted by atomic mass is 16.5. The van der Waals surface area contributed by atoms with Crippen molar-refractivity contribution in [2.45, 2.75) is 70.3 Å². The Bertz CT molecular complexity index is 1030. The summed E-state index contributed by atoms with van der Waals surface area (Å²) in [5.74, 6) is 1.51. The average molecular weight is 452 g/mol. The molecular weight excluding hydrogens is 418 g/mol. The van der Waals surface area contributed by atoms with Gasteiger partial charge in [-0.15, -0.1) is 0 Å². The summed E-state index contributed by atoms with van der Waals surface area (Å²) in [4.78, 5) is 23.1. The van der Waals surface area contributed by atoms with Crippen molar-refractivity contribution in [3.63, 3.8) is 0 Å². The van der Waals surface area contributed by atoms with Crippen LogP contribution in [0.3, 0.4) is 0 Å². The van der Waals surface area contributed by atoms with E-state index in [0.717, 1.165) is 54.0 Å². The third kappa shape index (κ3) is 6.84. The molecule has 8 heteroatoms. The van der Waals surface area contributed by atoms with Crippen molar-refractivity contribution >= 4 is 34.5 Å². The largest absolute Gasteiger partial charge is 0.494 e. The number of hydrogen-bond donors (Lipinski definition) is 4. The first-order valence-electron chi connectivity index (χ1n) is 12.0. The maximum absolute atomic E-state index is 10.5. The number of aromatic amines is 1. The number of nitrogens with one attached hydrogen (secondary N) is 3. The third-order valence-electron chi connectivity index (χ3n) is 6.03. The molecule has 1 aliphatic rings. The Morgan fingerprint density at radius 1 is 1.03 bits per heavy atom. The van der Waals surface area contributed by atoms with Crippen LogP contribution in [-0.2, 0) is 4.79 Å². The zero-order valence-electron chi connectivity index (χ0n) is 19.0. The molecule has 0 spiro atoms. The van der Waals surface area contributed by atoms with Gasteiger partial charge < -0.3 is 25.5 Å². The fourth-order valence-electron chi connectivity index (χ4n) is 4.23. The lowest BCUT2D eigenvalue weighted by Gasteiger charge is -2.23. The van der Waals surface area contributed by atoms with E-state index in [1.165, 1.54) is 32.1 Å². The van der Waals surface area contributed by atoms with Gasteiger partial charge in [0.25, 0.3) is 0 Å². The van der Waals surface area contributed by atoms with Gasteiger partial charge in [0.15, 0.2) is 0 Å². The monoisotopic (exact) mass is 451 g/mol. The first-order valence-corrected chi connectivity index (χ1v) is 12.0. The molecule has 0 unspecified atom stereocenters. The number of aromatic nitrogens is 3. The van der Waals surface area contributed by atoms with Crippen molar-refractivity contribution in [1.82, 2.24) is 15.0 Å². The molecule has 0 saturated heterocycles. The Morgan fingerprint density at radius 3 is 2.61 bits per heavy atom. The Hall–Kier alpha value is -3.29. The maximum Gasteiger partial charge on any atom is 0.303 e. The number of ether oxygens (including phenoxy) is 1. The van der Waals surface area contributed by atoms with Gasteiger partial charge in [0, 0.05) is 24.3 Å². The molecule has 8 nitrogen and oxygen atoms in total. The standard InChI is InChI=1S/C25H33N5O3/c31-22(32)10-6-1-2-7-17-33-20-13-11-19(12-14-20)28-25-29-23-21(15-16-26-23)24(30-25)27-18-8-4-3-5-9-18/h11-16,18H,1-10,17H2,(H,31,32)(H3,26,27,28,29,30). The normalized spacial score (nSPS) is 14.3. The van der Waals surface area contributed by atoms with Gasteiger partial charge in [0.05, 0.1) is 12.0 Å². The predicted octanol–water partition coefficient (Wildman–Crippen LogP) is 5.86. The van der Waals surface area contributed by atoms with Gasteiger partial charge in [0.1, 0.15) is 17.2 Å². The van der Waals surface area contributed by atoms with E-state index in [-0.39, 0.29) is 6.42 Å². The zero-order chi connectivity index (χ0) is 22.9. The molecule has 1 saturated carbocycles. The summed E-state index contributed by atoms with van der Waals surface area (Å²) in [7, 11) is 0. The van der Waals surface area contributed by atoms with E-state index in [0.29, 0.717) is 18.6 Å². The van der Waals surface area contributed by atoms with Crippen LogP contribution < -0.4 is 15.4 Å². The number of fused-ring (bicyclic) bond motifs is 1. The lowest BCUT2D eigenvalue weighted by Crippen LogP contribution is -2.23. The second-order valence-corrected chi connectivity index (χ2v) is 8.67. The highest BCUT2D eigenvalue weighted by Crippen LogP contribution is 2.27. The Balaban J connectivity index is 1.30. The minimum absolute atomic E-state index is 0.244. The molecule has 4 N–H and O–H groups in total. The molecule has 2 aromatic heterocycles. The van der Waals surface area contributed by atoms with Gasteiger partial charge in [-0.1, -0.05) is 32.1 Å². The van der Waals surface area contributed by atoms with Gasteiger partial charge in [-0.2, -0.15) is 9.97 Å². The van der Waals surface area contributed by atoms with E-state index in [4.69, 9.17) is 14.8 Å². The van der Waals surface area contributed by atoms with E-state index >= 15 is 0 Å². The number of rotatable bonds is 12. The predicted molar refractivity (Wildman–Crippen MR) is 130 cm³/mol. The van der Waals surface area contributed by atoms with Crippen LogP contribution in [0.25, 0.3) is 11.0 Å². The number of H-pyrrole nitrogens is 1. The summed E-state index contributed by atoms with van der Waals surface area (Å²) in [5, 5.41) is 16.6. The fraction of sp³-hybridized carbons (Fsp3) is 0.480. The van der Waals surface area contributed by atoms with Crippen molar-refractivity contribution in [1.29, 1.82) is 0 Å². The summed E-state index contributed by atoms with van der Waals surface area (Å²) in [6, 6.07) is 10.3. The maximum atomic E-state index is 10.5. The first kappa shape index (κ1) is 22.9. The van der Waals surface area contributed by atoms with Crippen LogP contribution in [0.2, 0.25) is 0 Å². The van der Waals surface area contributed by atoms with Crippen molar-refractivity contribution < 1.29 is 14.6 Å². The molecule has 0 amide bonds. The zero-order valence-corrected chi connectivity index (χ0v) is 19.0. The van der Waals surface area contributed by atoms with Crippen molar-refractivity contribution in [2.75, 3.05) is 17.2 Å². The molecular formula is C25H33N5O3. The third-order valence-corrected chi connectivity index (χ3v) is 6.03. The number of hydrogen-bond acceptors (Lipinski definition) is 6. The van der Waals surface area contributed by atoms with Crippen LogP contribution in [0.4, 0.5) is 17.5 Å². The smallest absolute Gasteiger partial charge is 0.303 e. The lowest BCUT2D eigenvalue weighted by molar-refractivity contribution is -0.137. The number of carboxylic acids is 1. The molecule has 0 atom stereocenters. The van der Waals surface area contributed by atoms with Gasteiger partial charge in [-0.05, 0) is 56.0 Å². The van der Waals surface area contributed by atoms with Crippen molar-refractivity contribution in [3.05, 3.63) is 36.5 Å². The van der Waals surface area contributed by atoms with Gasteiger partial charge in [0.2, 0.25) is 5.95 Å². The summed E-state index contributed by atoms with van der Waals surface area (Å²) < 4.78 is 5.80. The van der Waals surface area contributed by atoms with Crippen LogP contribution in [0.15, 0.2) is 36.5 Å². The molecule has 33 heavy (non-hydrogen) atoms. The molecule has 3 aromatic rings. The van der Waals surface area contributed by atoms with E-state index in [9.17, 15) is 4.79 Å². The second kappa shape index (κ2) is 11.5. The number of nitrogens with zero attached hydrogens (tertiary/aromatic N) is 2. The lowest BCUT2D eigenvalue weighted by atomic mass is 9.95. The van der Waals surface area contributed by atoms with Gasteiger partial charge in [-0.25, -0.2) is 0 Å². The number of aliphatic carboxylic acids is 1. The molecule has 1 fully saturated rings. The summed E-state index contributed by atoms with van der Waals surface area (Å²) >= 11 is 0. The molecule has 0 radical (unpaired) electrons. The summed E-state index contributed by atoms with van der Waals surface area (Å²) in [5.41, 5.74) is 1.71. The molecule has 1 aromatic carbocycles. The van der Waals surface area contributed by atoms with Crippen LogP contribution in [0, 0.1) is 0 Å². The number of anilines is 3. The molecule has 1 aliphatic carbocycles. The summed E-state index contributed by atoms with van der Waals surface area (Å²) in [6.07, 6.45) is 11.9. The Labute approximate surface area is 194 Å². The Kier molecular flexibility index (Phi) is 8.00. The highest BCUT2D eigenvalue weighted by Gasteiger charge is 2.16. The molecule has 2 heterocycles. The van der Waals surface area contributed by atoms with E-state index < -0.39 is 5.97 Å². The molecule has 4 rings (SSSR count). The highest BCUT2D eigenvalue weighted by molar-refractivity contribution is 5.88. The molecule has 176 valence electrons. The minimum atomic E-state index is -0.727. The Morgan fingerprint density at radius 2 is 1.82 bits per heavy atom. The molecule has 0 aliphatic heterocycles. The van der Waals surface area contributed by atoms with E-state index in [2.05, 4.69) is 20.6 Å². The van der Waals surface area contributed by atoms with Crippen LogP contribution >= 0.6 is 0 Å². The minimum Gasteiger partial charge on any atom is -0.494 e.